The molecule has 6 rings (SSSR count). The molecule has 4 heterocycles. The van der Waals surface area contributed by atoms with E-state index in [0.717, 1.165) is 57.5 Å². The molecule has 0 aliphatic carbocycles. The smallest absolute Gasteiger partial charge is 0.159 e. The Hall–Kier alpha value is -4.85. The number of benzene rings is 2. The monoisotopic (exact) mass is 489 g/mol. The molecule has 0 atom stereocenters. The Morgan fingerprint density at radius 1 is 1.00 bits per heavy atom. The number of aromatic amines is 2. The van der Waals surface area contributed by atoms with E-state index in [9.17, 15) is 4.39 Å². The molecule has 0 spiro atoms. The summed E-state index contributed by atoms with van der Waals surface area (Å²) in [6.07, 6.45) is 7.22. The molecule has 6 aromatic rings. The number of nitrogens with one attached hydrogen (secondary N) is 3. The number of pyridine rings is 2. The van der Waals surface area contributed by atoms with Gasteiger partial charge in [0.1, 0.15) is 11.5 Å². The molecule has 3 N–H and O–H groups in total. The van der Waals surface area contributed by atoms with Gasteiger partial charge < -0.3 is 10.3 Å². The molecule has 0 unspecified atom stereocenters. The molecular formula is C29H24FN7. The molecule has 0 aliphatic rings. The van der Waals surface area contributed by atoms with Crippen LogP contribution in [0, 0.1) is 5.82 Å². The Morgan fingerprint density at radius 2 is 1.86 bits per heavy atom. The second kappa shape index (κ2) is 9.31. The number of anilines is 1. The largest absolute Gasteiger partial charge is 0.358 e. The van der Waals surface area contributed by atoms with Gasteiger partial charge in [0.25, 0.3) is 0 Å². The van der Waals surface area contributed by atoms with Crippen LogP contribution in [0.4, 0.5) is 10.1 Å². The molecule has 182 valence electrons. The van der Waals surface area contributed by atoms with Crippen LogP contribution in [0.1, 0.15) is 19.8 Å². The quantitative estimate of drug-likeness (QED) is 0.222. The van der Waals surface area contributed by atoms with Crippen molar-refractivity contribution in [1.82, 2.24) is 30.1 Å². The third-order valence-corrected chi connectivity index (χ3v) is 6.26. The summed E-state index contributed by atoms with van der Waals surface area (Å²) in [7, 11) is 0. The predicted molar refractivity (Wildman–Crippen MR) is 145 cm³/mol. The van der Waals surface area contributed by atoms with Crippen LogP contribution in [-0.2, 0) is 0 Å². The second-order valence-corrected chi connectivity index (χ2v) is 8.90. The molecule has 0 saturated heterocycles. The number of para-hydroxylation sites is 1. The Labute approximate surface area is 212 Å². The summed E-state index contributed by atoms with van der Waals surface area (Å²) in [6, 6.07) is 16.4. The zero-order valence-electron chi connectivity index (χ0n) is 20.2. The number of nitrogens with zero attached hydrogens (tertiary/aromatic N) is 4. The van der Waals surface area contributed by atoms with Gasteiger partial charge in [0.05, 0.1) is 40.3 Å². The number of fused-ring (bicyclic) bond motifs is 2. The van der Waals surface area contributed by atoms with Gasteiger partial charge in [-0.05, 0) is 30.7 Å². The summed E-state index contributed by atoms with van der Waals surface area (Å²) >= 11 is 0. The molecule has 8 heteroatoms. The molecule has 0 aliphatic heterocycles. The minimum Gasteiger partial charge on any atom is -0.358 e. The van der Waals surface area contributed by atoms with Crippen molar-refractivity contribution in [2.45, 2.75) is 19.8 Å². The second-order valence-electron chi connectivity index (χ2n) is 8.90. The van der Waals surface area contributed by atoms with Crippen LogP contribution < -0.4 is 5.32 Å². The first-order chi connectivity index (χ1) is 18.1. The number of hydrogen-bond acceptors (Lipinski definition) is 5. The van der Waals surface area contributed by atoms with Crippen molar-refractivity contribution in [3.05, 3.63) is 91.3 Å². The van der Waals surface area contributed by atoms with Crippen LogP contribution >= 0.6 is 0 Å². The van der Waals surface area contributed by atoms with Crippen LogP contribution in [0.15, 0.2) is 85.5 Å². The highest BCUT2D eigenvalue weighted by atomic mass is 19.1. The third kappa shape index (κ3) is 4.23. The normalized spacial score (nSPS) is 11.3. The number of halogens is 1. The highest BCUT2D eigenvalue weighted by Crippen LogP contribution is 2.33. The summed E-state index contributed by atoms with van der Waals surface area (Å²) < 4.78 is 14.6. The number of rotatable bonds is 7. The summed E-state index contributed by atoms with van der Waals surface area (Å²) in [5, 5.41) is 11.7. The SMILES string of the molecule is C=C(CCC)Nc1cncc(-c2cc3c(-c4nc5c(-c6ccccc6F)cccc5[nH]4)n[nH]c3cn2)c1. The van der Waals surface area contributed by atoms with Crippen LogP contribution in [-0.4, -0.2) is 30.1 Å². The van der Waals surface area contributed by atoms with Crippen LogP contribution in [0.3, 0.4) is 0 Å². The molecule has 4 aromatic heterocycles. The summed E-state index contributed by atoms with van der Waals surface area (Å²) in [4.78, 5) is 17.2. The van der Waals surface area contributed by atoms with Crippen LogP contribution in [0.25, 0.3) is 55.8 Å². The Kier molecular flexibility index (Phi) is 5.69. The number of aromatic nitrogens is 6. The summed E-state index contributed by atoms with van der Waals surface area (Å²) in [6.45, 7) is 6.19. The first kappa shape index (κ1) is 22.6. The molecule has 0 saturated carbocycles. The van der Waals surface area contributed by atoms with E-state index >= 15 is 0 Å². The summed E-state index contributed by atoms with van der Waals surface area (Å²) in [5.74, 6) is 0.302. The van der Waals surface area contributed by atoms with Crippen molar-refractivity contribution in [3.8, 4) is 33.9 Å². The van der Waals surface area contributed by atoms with Crippen molar-refractivity contribution in [3.63, 3.8) is 0 Å². The number of imidazole rings is 1. The van der Waals surface area contributed by atoms with Crippen molar-refractivity contribution in [2.24, 2.45) is 0 Å². The molecule has 0 amide bonds. The lowest BCUT2D eigenvalue weighted by Gasteiger charge is -2.09. The first-order valence-electron chi connectivity index (χ1n) is 12.1. The van der Waals surface area contributed by atoms with E-state index in [1.807, 2.05) is 36.4 Å². The third-order valence-electron chi connectivity index (χ3n) is 6.26. The fourth-order valence-electron chi connectivity index (χ4n) is 4.51. The van der Waals surface area contributed by atoms with E-state index in [2.05, 4.69) is 44.0 Å². The zero-order valence-corrected chi connectivity index (χ0v) is 20.2. The van der Waals surface area contributed by atoms with Crippen molar-refractivity contribution in [1.29, 1.82) is 0 Å². The molecular weight excluding hydrogens is 465 g/mol. The average Bonchev–Trinajstić information content (AvgIpc) is 3.53. The first-order valence-corrected chi connectivity index (χ1v) is 12.1. The fourth-order valence-corrected chi connectivity index (χ4v) is 4.51. The Bertz CT molecular complexity index is 1770. The lowest BCUT2D eigenvalue weighted by Crippen LogP contribution is -1.98. The molecule has 0 radical (unpaired) electrons. The Balaban J connectivity index is 1.41. The van der Waals surface area contributed by atoms with Gasteiger partial charge in [-0.15, -0.1) is 0 Å². The average molecular weight is 490 g/mol. The highest BCUT2D eigenvalue weighted by Gasteiger charge is 2.17. The minimum absolute atomic E-state index is 0.288. The van der Waals surface area contributed by atoms with Gasteiger partial charge in [0.15, 0.2) is 5.82 Å². The van der Waals surface area contributed by atoms with Crippen molar-refractivity contribution >= 4 is 27.6 Å². The van der Waals surface area contributed by atoms with E-state index in [-0.39, 0.29) is 5.82 Å². The van der Waals surface area contributed by atoms with Gasteiger partial charge in [-0.25, -0.2) is 9.37 Å². The van der Waals surface area contributed by atoms with E-state index < -0.39 is 0 Å². The van der Waals surface area contributed by atoms with E-state index in [0.29, 0.717) is 22.6 Å². The van der Waals surface area contributed by atoms with E-state index in [4.69, 9.17) is 4.98 Å². The van der Waals surface area contributed by atoms with Crippen molar-refractivity contribution < 1.29 is 4.39 Å². The van der Waals surface area contributed by atoms with Gasteiger partial charge in [0, 0.05) is 34.0 Å². The van der Waals surface area contributed by atoms with Crippen molar-refractivity contribution in [2.75, 3.05) is 5.32 Å². The lowest BCUT2D eigenvalue weighted by atomic mass is 10.0. The maximum absolute atomic E-state index is 14.6. The summed E-state index contributed by atoms with van der Waals surface area (Å²) in [5.41, 5.74) is 7.60. The predicted octanol–water partition coefficient (Wildman–Crippen LogP) is 7.10. The topological polar surface area (TPSA) is 95.2 Å². The Morgan fingerprint density at radius 3 is 2.73 bits per heavy atom. The maximum atomic E-state index is 14.6. The lowest BCUT2D eigenvalue weighted by molar-refractivity contribution is 0.631. The van der Waals surface area contributed by atoms with Gasteiger partial charge in [0.2, 0.25) is 0 Å². The molecule has 37 heavy (non-hydrogen) atoms. The minimum atomic E-state index is -0.288. The van der Waals surface area contributed by atoms with E-state index in [1.54, 1.807) is 30.7 Å². The highest BCUT2D eigenvalue weighted by molar-refractivity contribution is 5.97. The molecule has 7 nitrogen and oxygen atoms in total. The van der Waals surface area contributed by atoms with Crippen LogP contribution in [0.5, 0.6) is 0 Å². The molecule has 0 bridgehead atoms. The zero-order chi connectivity index (χ0) is 25.4. The van der Waals surface area contributed by atoms with Crippen LogP contribution in [0.2, 0.25) is 0 Å². The number of hydrogen-bond donors (Lipinski definition) is 3. The van der Waals surface area contributed by atoms with Gasteiger partial charge in [-0.3, -0.25) is 15.1 Å². The fraction of sp³-hybridized carbons (Fsp3) is 0.103. The van der Waals surface area contributed by atoms with Gasteiger partial charge >= 0.3 is 0 Å². The maximum Gasteiger partial charge on any atom is 0.159 e. The number of allylic oxidation sites excluding steroid dienone is 1. The molecule has 0 fully saturated rings. The van der Waals surface area contributed by atoms with E-state index in [1.165, 1.54) is 6.07 Å². The standard InChI is InChI=1S/C29H24FN7/c1-3-7-17(2)33-19-12-18(14-31-15-19)25-13-22-26(16-32-25)36-37-28(22)29-34-24-11-6-9-21(27(24)35-29)20-8-4-5-10-23(20)30/h4-6,8-16,33H,2-3,7H2,1H3,(H,34,35)(H,36,37). The van der Waals surface area contributed by atoms with Gasteiger partial charge in [-0.1, -0.05) is 50.3 Å². The van der Waals surface area contributed by atoms with Gasteiger partial charge in [-0.2, -0.15) is 5.10 Å². The number of H-pyrrole nitrogens is 2. The molecule has 2 aromatic carbocycles.